The van der Waals surface area contributed by atoms with Gasteiger partial charge in [0.25, 0.3) is 5.91 Å². The van der Waals surface area contributed by atoms with Crippen LogP contribution >= 0.6 is 11.6 Å². The smallest absolute Gasteiger partial charge is 0.332 e. The Hall–Kier alpha value is -3.65. The molecule has 0 unspecified atom stereocenters. The van der Waals surface area contributed by atoms with Crippen LogP contribution in [0.3, 0.4) is 0 Å². The largest absolute Gasteiger partial charge is 0.494 e. The van der Waals surface area contributed by atoms with E-state index in [2.05, 4.69) is 15.0 Å². The minimum absolute atomic E-state index is 0.0910. The number of benzene rings is 2. The van der Waals surface area contributed by atoms with Crippen LogP contribution in [0.25, 0.3) is 28.2 Å². The first-order chi connectivity index (χ1) is 14.0. The van der Waals surface area contributed by atoms with Crippen molar-refractivity contribution in [2.24, 2.45) is 5.73 Å². The highest BCUT2D eigenvalue weighted by molar-refractivity contribution is 6.33. The minimum Gasteiger partial charge on any atom is -0.494 e. The minimum atomic E-state index is -0.786. The lowest BCUT2D eigenvalue weighted by atomic mass is 10.2. The van der Waals surface area contributed by atoms with Crippen LogP contribution in [0.5, 0.6) is 5.75 Å². The van der Waals surface area contributed by atoms with E-state index in [4.69, 9.17) is 22.1 Å². The first-order valence-electron chi connectivity index (χ1n) is 8.80. The average molecular weight is 410 g/mol. The number of imidazole rings is 1. The van der Waals surface area contributed by atoms with Crippen LogP contribution in [0, 0.1) is 0 Å². The van der Waals surface area contributed by atoms with Crippen molar-refractivity contribution in [3.8, 4) is 22.8 Å². The number of aromatic nitrogens is 4. The molecule has 0 saturated heterocycles. The van der Waals surface area contributed by atoms with Gasteiger partial charge in [-0.25, -0.2) is 19.3 Å². The predicted octanol–water partition coefficient (Wildman–Crippen LogP) is 2.93. The van der Waals surface area contributed by atoms with Gasteiger partial charge in [-0.1, -0.05) is 23.7 Å². The molecular weight excluding hydrogens is 394 g/mol. The number of amides is 1. The van der Waals surface area contributed by atoms with Crippen LogP contribution in [-0.2, 0) is 0 Å². The van der Waals surface area contributed by atoms with Gasteiger partial charge in [0.05, 0.1) is 17.3 Å². The average Bonchev–Trinajstić information content (AvgIpc) is 3.04. The molecule has 2 aromatic carbocycles. The summed E-state index contributed by atoms with van der Waals surface area (Å²) in [6.07, 6.45) is 0. The van der Waals surface area contributed by atoms with Gasteiger partial charge in [0.2, 0.25) is 0 Å². The Balaban J connectivity index is 1.99. The Morgan fingerprint density at radius 2 is 1.90 bits per heavy atom. The lowest BCUT2D eigenvalue weighted by Gasteiger charge is -2.08. The molecule has 0 atom stereocenters. The first-order valence-corrected chi connectivity index (χ1v) is 9.18. The molecule has 0 aliphatic rings. The number of rotatable bonds is 5. The van der Waals surface area contributed by atoms with E-state index in [1.54, 1.807) is 48.5 Å². The van der Waals surface area contributed by atoms with Gasteiger partial charge in [-0.2, -0.15) is 0 Å². The number of nitrogens with zero attached hydrogens (tertiary/aromatic N) is 3. The molecule has 146 valence electrons. The molecule has 9 heteroatoms. The summed E-state index contributed by atoms with van der Waals surface area (Å²) >= 11 is 6.26. The summed E-state index contributed by atoms with van der Waals surface area (Å²) in [7, 11) is 0. The molecule has 0 fully saturated rings. The van der Waals surface area contributed by atoms with Crippen molar-refractivity contribution >= 4 is 28.7 Å². The highest BCUT2D eigenvalue weighted by Gasteiger charge is 2.21. The summed E-state index contributed by atoms with van der Waals surface area (Å²) in [5.41, 5.74) is 6.38. The first kappa shape index (κ1) is 18.7. The highest BCUT2D eigenvalue weighted by Crippen LogP contribution is 2.27. The van der Waals surface area contributed by atoms with Crippen molar-refractivity contribution in [2.75, 3.05) is 6.61 Å². The molecule has 0 aliphatic heterocycles. The second-order valence-corrected chi connectivity index (χ2v) is 6.54. The monoisotopic (exact) mass is 409 g/mol. The molecular formula is C20H16ClN5O3. The van der Waals surface area contributed by atoms with Gasteiger partial charge >= 0.3 is 5.69 Å². The number of fused-ring (bicyclic) bond motifs is 1. The molecule has 0 spiro atoms. The van der Waals surface area contributed by atoms with E-state index in [1.165, 1.54) is 4.57 Å². The van der Waals surface area contributed by atoms with Crippen LogP contribution in [-0.4, -0.2) is 32.0 Å². The van der Waals surface area contributed by atoms with Gasteiger partial charge < -0.3 is 15.5 Å². The van der Waals surface area contributed by atoms with Gasteiger partial charge in [0.15, 0.2) is 17.2 Å². The number of hydrogen-bond acceptors (Lipinski definition) is 5. The number of ether oxygens (including phenoxy) is 1. The predicted molar refractivity (Wildman–Crippen MR) is 110 cm³/mol. The maximum absolute atomic E-state index is 12.7. The zero-order valence-electron chi connectivity index (χ0n) is 15.3. The van der Waals surface area contributed by atoms with E-state index in [0.717, 1.165) is 0 Å². The quantitative estimate of drug-likeness (QED) is 0.525. The summed E-state index contributed by atoms with van der Waals surface area (Å²) in [5, 5.41) is 0.410. The lowest BCUT2D eigenvalue weighted by molar-refractivity contribution is 0.0997. The Labute approximate surface area is 169 Å². The topological polar surface area (TPSA) is 116 Å². The van der Waals surface area contributed by atoms with Crippen molar-refractivity contribution in [1.82, 2.24) is 19.5 Å². The van der Waals surface area contributed by atoms with E-state index in [9.17, 15) is 9.59 Å². The van der Waals surface area contributed by atoms with Crippen molar-refractivity contribution in [3.63, 3.8) is 0 Å². The maximum Gasteiger partial charge on any atom is 0.332 e. The molecule has 4 aromatic rings. The molecule has 0 bridgehead atoms. The second kappa shape index (κ2) is 7.40. The van der Waals surface area contributed by atoms with Crippen LogP contribution in [0.4, 0.5) is 0 Å². The summed E-state index contributed by atoms with van der Waals surface area (Å²) in [5.74, 6) is 0.0785. The fraction of sp³-hybridized carbons (Fsp3) is 0.100. The third kappa shape index (κ3) is 3.34. The van der Waals surface area contributed by atoms with Crippen molar-refractivity contribution in [1.29, 1.82) is 0 Å². The number of carbonyl (C=O) groups is 1. The van der Waals surface area contributed by atoms with Crippen molar-refractivity contribution < 1.29 is 9.53 Å². The molecule has 3 N–H and O–H groups in total. The van der Waals surface area contributed by atoms with Crippen LogP contribution in [0.1, 0.15) is 17.4 Å². The Morgan fingerprint density at radius 3 is 2.55 bits per heavy atom. The van der Waals surface area contributed by atoms with Crippen molar-refractivity contribution in [2.45, 2.75) is 6.92 Å². The number of hydrogen-bond donors (Lipinski definition) is 2. The zero-order valence-corrected chi connectivity index (χ0v) is 16.1. The van der Waals surface area contributed by atoms with E-state index in [-0.39, 0.29) is 22.7 Å². The highest BCUT2D eigenvalue weighted by atomic mass is 35.5. The maximum atomic E-state index is 12.7. The molecule has 0 saturated carbocycles. The van der Waals surface area contributed by atoms with E-state index >= 15 is 0 Å². The Morgan fingerprint density at radius 1 is 1.17 bits per heavy atom. The van der Waals surface area contributed by atoms with E-state index in [1.807, 2.05) is 6.92 Å². The van der Waals surface area contributed by atoms with Gasteiger partial charge in [-0.05, 0) is 43.3 Å². The number of primary amides is 1. The summed E-state index contributed by atoms with van der Waals surface area (Å²) in [6.45, 7) is 2.42. The molecule has 1 amide bonds. The van der Waals surface area contributed by atoms with Crippen LogP contribution < -0.4 is 16.2 Å². The summed E-state index contributed by atoms with van der Waals surface area (Å²) < 4.78 is 6.79. The fourth-order valence-electron chi connectivity index (χ4n) is 3.02. The zero-order chi connectivity index (χ0) is 20.5. The molecule has 29 heavy (non-hydrogen) atoms. The van der Waals surface area contributed by atoms with Crippen molar-refractivity contribution in [3.05, 3.63) is 69.7 Å². The van der Waals surface area contributed by atoms with E-state index < -0.39 is 11.6 Å². The molecule has 2 aromatic heterocycles. The number of nitrogens with one attached hydrogen (secondary N) is 1. The number of carbonyl (C=O) groups excluding carboxylic acids is 1. The molecule has 0 radical (unpaired) electrons. The third-order valence-corrected chi connectivity index (χ3v) is 4.62. The lowest BCUT2D eigenvalue weighted by Crippen LogP contribution is -2.15. The number of halogens is 1. The molecule has 0 aliphatic carbocycles. The van der Waals surface area contributed by atoms with Gasteiger partial charge in [0, 0.05) is 5.56 Å². The Kier molecular flexibility index (Phi) is 4.77. The van der Waals surface area contributed by atoms with Crippen LogP contribution in [0.15, 0.2) is 53.3 Å². The summed E-state index contributed by atoms with van der Waals surface area (Å²) in [4.78, 5) is 36.1. The number of H-pyrrole nitrogens is 1. The van der Waals surface area contributed by atoms with E-state index in [0.29, 0.717) is 28.6 Å². The second-order valence-electron chi connectivity index (χ2n) is 6.13. The number of nitrogens with two attached hydrogens (primary N) is 1. The summed E-state index contributed by atoms with van der Waals surface area (Å²) in [6, 6.07) is 13.9. The Bertz CT molecular complexity index is 1280. The van der Waals surface area contributed by atoms with Gasteiger partial charge in [-0.3, -0.25) is 4.79 Å². The van der Waals surface area contributed by atoms with Crippen LogP contribution in [0.2, 0.25) is 5.02 Å². The molecule has 4 rings (SSSR count). The fourth-order valence-corrected chi connectivity index (χ4v) is 3.24. The van der Waals surface area contributed by atoms with Gasteiger partial charge in [0.1, 0.15) is 11.3 Å². The molecule has 8 nitrogen and oxygen atoms in total. The third-order valence-electron chi connectivity index (χ3n) is 4.29. The number of aromatic amines is 1. The normalized spacial score (nSPS) is 11.0. The molecule has 2 heterocycles. The standard InChI is InChI=1S/C20H16ClN5O3/c1-2-29-12-9-7-11(8-10-12)26-19-16(24-20(26)28)15(17(22)27)23-18(25-19)13-5-3-4-6-14(13)21/h3-10H,2H2,1H3,(H2,22,27)(H,24,28). The SMILES string of the molecule is CCOc1ccc(-n2c(=O)[nH]c3c(C(N)=O)nc(-c4ccccc4Cl)nc32)cc1. The van der Waals surface area contributed by atoms with Gasteiger partial charge in [-0.15, -0.1) is 0 Å².